The molecule has 1 amide bonds. The van der Waals surface area contributed by atoms with Crippen molar-refractivity contribution in [2.45, 2.75) is 39.2 Å². The average Bonchev–Trinajstić information content (AvgIpc) is 1.97. The predicted molar refractivity (Wildman–Crippen MR) is 49.8 cm³/mol. The van der Waals surface area contributed by atoms with Gasteiger partial charge in [-0.2, -0.15) is 0 Å². The molecule has 0 unspecified atom stereocenters. The van der Waals surface area contributed by atoms with E-state index in [2.05, 4.69) is 5.32 Å². The number of hydrogen-bond acceptors (Lipinski definition) is 3. The first-order chi connectivity index (χ1) is 6.41. The molecule has 0 saturated heterocycles. The summed E-state index contributed by atoms with van der Waals surface area (Å²) in [6, 6.07) is -0.450. The quantitative estimate of drug-likeness (QED) is 0.648. The summed E-state index contributed by atoms with van der Waals surface area (Å²) in [5, 5.41) is 11.0. The highest BCUT2D eigenvalue weighted by molar-refractivity contribution is 5.77. The number of amides is 1. The Kier molecular flexibility index (Phi) is 5.52. The van der Waals surface area contributed by atoms with E-state index in [1.165, 1.54) is 13.8 Å². The maximum absolute atomic E-state index is 10.7. The number of Topliss-reactive ketones (excluding diaryl/α,β-unsaturated/α-hetero) is 1. The number of carboxylic acid groups (broad SMARTS) is 1. The Bertz CT molecular complexity index is 221. The number of rotatable bonds is 6. The first-order valence-electron chi connectivity index (χ1n) is 4.40. The highest BCUT2D eigenvalue weighted by Crippen LogP contribution is 2.02. The normalized spacial score (nSPS) is 11.9. The van der Waals surface area contributed by atoms with E-state index in [-0.39, 0.29) is 24.5 Å². The smallest absolute Gasteiger partial charge is 0.305 e. The van der Waals surface area contributed by atoms with Gasteiger partial charge in [0.05, 0.1) is 6.42 Å². The molecule has 0 aromatic rings. The zero-order valence-corrected chi connectivity index (χ0v) is 8.37. The third-order valence-electron chi connectivity index (χ3n) is 1.67. The number of aliphatic carboxylic acids is 1. The van der Waals surface area contributed by atoms with Gasteiger partial charge < -0.3 is 15.2 Å². The zero-order valence-electron chi connectivity index (χ0n) is 8.37. The van der Waals surface area contributed by atoms with Gasteiger partial charge in [-0.1, -0.05) is 0 Å². The molecule has 0 aliphatic rings. The zero-order chi connectivity index (χ0) is 11.1. The second-order valence-corrected chi connectivity index (χ2v) is 3.24. The predicted octanol–water partition coefficient (Wildman–Crippen LogP) is 0.335. The number of carboxylic acids is 1. The SMILES string of the molecule is CC(=O)CC[C@@H](CC(=O)O)NC(C)=O. The standard InChI is InChI=1S/C9H15NO4/c1-6(11)3-4-8(5-9(13)14)10-7(2)12/h8H,3-5H2,1-2H3,(H,10,12)(H,13,14)/t8-/m0/s1. The lowest BCUT2D eigenvalue weighted by molar-refractivity contribution is -0.138. The number of nitrogens with one attached hydrogen (secondary N) is 1. The van der Waals surface area contributed by atoms with Gasteiger partial charge in [0.15, 0.2) is 0 Å². The van der Waals surface area contributed by atoms with E-state index < -0.39 is 12.0 Å². The van der Waals surface area contributed by atoms with E-state index in [4.69, 9.17) is 5.11 Å². The fourth-order valence-corrected chi connectivity index (χ4v) is 1.10. The van der Waals surface area contributed by atoms with Gasteiger partial charge in [0, 0.05) is 19.4 Å². The Morgan fingerprint density at radius 3 is 2.21 bits per heavy atom. The van der Waals surface area contributed by atoms with Crippen molar-refractivity contribution in [3.05, 3.63) is 0 Å². The summed E-state index contributed by atoms with van der Waals surface area (Å²) in [6.45, 7) is 2.76. The van der Waals surface area contributed by atoms with Crippen molar-refractivity contribution in [2.75, 3.05) is 0 Å². The van der Waals surface area contributed by atoms with Crippen molar-refractivity contribution < 1.29 is 19.5 Å². The number of carbonyl (C=O) groups is 3. The van der Waals surface area contributed by atoms with Crippen LogP contribution in [0.4, 0.5) is 0 Å². The van der Waals surface area contributed by atoms with Crippen LogP contribution >= 0.6 is 0 Å². The molecule has 1 atom stereocenters. The molecule has 0 bridgehead atoms. The molecule has 14 heavy (non-hydrogen) atoms. The van der Waals surface area contributed by atoms with E-state index in [0.29, 0.717) is 6.42 Å². The number of ketones is 1. The second kappa shape index (κ2) is 6.12. The summed E-state index contributed by atoms with van der Waals surface area (Å²) < 4.78 is 0. The topological polar surface area (TPSA) is 83.5 Å². The molecule has 80 valence electrons. The third kappa shape index (κ3) is 7.27. The van der Waals surface area contributed by atoms with E-state index in [0.717, 1.165) is 0 Å². The molecule has 0 aromatic heterocycles. The Hall–Kier alpha value is -1.39. The molecular weight excluding hydrogens is 186 g/mol. The summed E-state index contributed by atoms with van der Waals surface area (Å²) >= 11 is 0. The highest BCUT2D eigenvalue weighted by Gasteiger charge is 2.14. The molecule has 0 rings (SSSR count). The van der Waals surface area contributed by atoms with Crippen LogP contribution in [0.1, 0.15) is 33.1 Å². The van der Waals surface area contributed by atoms with Crippen LogP contribution in [0, 0.1) is 0 Å². The molecule has 0 fully saturated rings. The van der Waals surface area contributed by atoms with Gasteiger partial charge >= 0.3 is 5.97 Å². The van der Waals surface area contributed by atoms with Crippen LogP contribution in [-0.2, 0) is 14.4 Å². The van der Waals surface area contributed by atoms with E-state index >= 15 is 0 Å². The molecule has 0 spiro atoms. The van der Waals surface area contributed by atoms with Crippen molar-refractivity contribution in [3.8, 4) is 0 Å². The van der Waals surface area contributed by atoms with Crippen LogP contribution in [0.5, 0.6) is 0 Å². The lowest BCUT2D eigenvalue weighted by Gasteiger charge is -2.14. The first-order valence-corrected chi connectivity index (χ1v) is 4.40. The minimum absolute atomic E-state index is 0.00857. The van der Waals surface area contributed by atoms with Gasteiger partial charge in [-0.15, -0.1) is 0 Å². The van der Waals surface area contributed by atoms with Gasteiger partial charge in [-0.05, 0) is 13.3 Å². The largest absolute Gasteiger partial charge is 0.481 e. The second-order valence-electron chi connectivity index (χ2n) is 3.24. The maximum atomic E-state index is 10.7. The summed E-state index contributed by atoms with van der Waals surface area (Å²) in [5.41, 5.74) is 0. The van der Waals surface area contributed by atoms with E-state index in [9.17, 15) is 14.4 Å². The minimum atomic E-state index is -0.979. The lowest BCUT2D eigenvalue weighted by atomic mass is 10.1. The molecule has 5 heteroatoms. The molecule has 0 heterocycles. The van der Waals surface area contributed by atoms with Crippen LogP contribution in [0.25, 0.3) is 0 Å². The number of hydrogen-bond donors (Lipinski definition) is 2. The Balaban J connectivity index is 4.03. The Morgan fingerprint density at radius 1 is 1.29 bits per heavy atom. The molecule has 0 saturated carbocycles. The molecule has 0 aliphatic heterocycles. The summed E-state index contributed by atoms with van der Waals surface area (Å²) in [4.78, 5) is 31.8. The van der Waals surface area contributed by atoms with Crippen LogP contribution in [0.3, 0.4) is 0 Å². The third-order valence-corrected chi connectivity index (χ3v) is 1.67. The summed E-state index contributed by atoms with van der Waals surface area (Å²) in [5.74, 6) is -1.27. The van der Waals surface area contributed by atoms with Crippen molar-refractivity contribution in [2.24, 2.45) is 0 Å². The van der Waals surface area contributed by atoms with Crippen LogP contribution < -0.4 is 5.32 Å². The average molecular weight is 201 g/mol. The maximum Gasteiger partial charge on any atom is 0.305 e. The van der Waals surface area contributed by atoms with Gasteiger partial charge in [0.2, 0.25) is 5.91 Å². The number of carbonyl (C=O) groups excluding carboxylic acids is 2. The van der Waals surface area contributed by atoms with Crippen molar-refractivity contribution in [1.29, 1.82) is 0 Å². The van der Waals surface area contributed by atoms with Gasteiger partial charge in [-0.25, -0.2) is 0 Å². The Morgan fingerprint density at radius 2 is 1.86 bits per heavy atom. The van der Waals surface area contributed by atoms with Crippen LogP contribution in [-0.4, -0.2) is 28.8 Å². The van der Waals surface area contributed by atoms with Crippen molar-refractivity contribution in [3.63, 3.8) is 0 Å². The van der Waals surface area contributed by atoms with Gasteiger partial charge in [0.25, 0.3) is 0 Å². The molecule has 0 aromatic carbocycles. The first kappa shape index (κ1) is 12.6. The minimum Gasteiger partial charge on any atom is -0.481 e. The molecule has 5 nitrogen and oxygen atoms in total. The molecule has 0 aliphatic carbocycles. The van der Waals surface area contributed by atoms with E-state index in [1.54, 1.807) is 0 Å². The summed E-state index contributed by atoms with van der Waals surface area (Å²) in [7, 11) is 0. The van der Waals surface area contributed by atoms with Crippen molar-refractivity contribution >= 4 is 17.7 Å². The highest BCUT2D eigenvalue weighted by atomic mass is 16.4. The van der Waals surface area contributed by atoms with Crippen LogP contribution in [0.2, 0.25) is 0 Å². The molecule has 2 N–H and O–H groups in total. The Labute approximate surface area is 82.5 Å². The molecule has 0 radical (unpaired) electrons. The van der Waals surface area contributed by atoms with Gasteiger partial charge in [0.1, 0.15) is 5.78 Å². The summed E-state index contributed by atoms with van der Waals surface area (Å²) in [6.07, 6.45) is 0.520. The van der Waals surface area contributed by atoms with Crippen molar-refractivity contribution in [1.82, 2.24) is 5.32 Å². The fraction of sp³-hybridized carbons (Fsp3) is 0.667. The van der Waals surface area contributed by atoms with Gasteiger partial charge in [-0.3, -0.25) is 9.59 Å². The monoisotopic (exact) mass is 201 g/mol. The molecular formula is C9H15NO4. The van der Waals surface area contributed by atoms with Crippen LogP contribution in [0.15, 0.2) is 0 Å². The van der Waals surface area contributed by atoms with E-state index in [1.807, 2.05) is 0 Å². The fourth-order valence-electron chi connectivity index (χ4n) is 1.10. The lowest BCUT2D eigenvalue weighted by Crippen LogP contribution is -2.35.